The van der Waals surface area contributed by atoms with Crippen molar-refractivity contribution in [2.24, 2.45) is 5.10 Å². The molecule has 4 aromatic rings. The minimum absolute atomic E-state index is 0.0905. The van der Waals surface area contributed by atoms with Crippen LogP contribution >= 0.6 is 11.6 Å². The number of halogens is 1. The Labute approximate surface area is 251 Å². The van der Waals surface area contributed by atoms with Gasteiger partial charge >= 0.3 is 0 Å². The summed E-state index contributed by atoms with van der Waals surface area (Å²) < 4.78 is 39.9. The highest BCUT2D eigenvalue weighted by Crippen LogP contribution is 2.29. The van der Waals surface area contributed by atoms with Gasteiger partial charge in [-0.15, -0.1) is 0 Å². The van der Waals surface area contributed by atoms with Crippen LogP contribution in [0.1, 0.15) is 29.2 Å². The SMILES string of the molecule is CCOc1cc(/C=N\NC(=O)CN(c2cccc(C)c2)S(=O)(=O)c2ccc(C)cc2)ccc1OCc1ccc(Cl)cc1. The number of amides is 1. The molecule has 4 aromatic carbocycles. The van der Waals surface area contributed by atoms with Crippen molar-refractivity contribution in [2.45, 2.75) is 32.3 Å². The van der Waals surface area contributed by atoms with Crippen LogP contribution in [0.5, 0.6) is 11.5 Å². The van der Waals surface area contributed by atoms with E-state index in [4.69, 9.17) is 21.1 Å². The van der Waals surface area contributed by atoms with E-state index in [-0.39, 0.29) is 4.90 Å². The number of ether oxygens (including phenoxy) is 2. The second kappa shape index (κ2) is 14.0. The Morgan fingerprint density at radius 2 is 1.64 bits per heavy atom. The summed E-state index contributed by atoms with van der Waals surface area (Å²) in [5.74, 6) is 0.482. The first-order chi connectivity index (χ1) is 20.2. The molecule has 1 N–H and O–H groups in total. The summed E-state index contributed by atoms with van der Waals surface area (Å²) in [4.78, 5) is 13.0. The number of nitrogens with one attached hydrogen (secondary N) is 1. The molecule has 0 aliphatic rings. The fourth-order valence-electron chi connectivity index (χ4n) is 4.01. The van der Waals surface area contributed by atoms with Crippen LogP contribution in [0.3, 0.4) is 0 Å². The second-order valence-electron chi connectivity index (χ2n) is 9.51. The molecule has 0 saturated heterocycles. The fourth-order valence-corrected chi connectivity index (χ4v) is 5.55. The first-order valence-electron chi connectivity index (χ1n) is 13.3. The van der Waals surface area contributed by atoms with E-state index < -0.39 is 22.5 Å². The van der Waals surface area contributed by atoms with Crippen molar-refractivity contribution in [3.05, 3.63) is 118 Å². The van der Waals surface area contributed by atoms with E-state index >= 15 is 0 Å². The number of benzene rings is 4. The van der Waals surface area contributed by atoms with Gasteiger partial charge < -0.3 is 9.47 Å². The van der Waals surface area contributed by atoms with Gasteiger partial charge in [0.2, 0.25) is 0 Å². The standard InChI is InChI=1S/C32H32ClN3O5S/c1-4-40-31-19-26(12-17-30(31)41-22-25-10-13-27(33)14-11-25)20-34-35-32(37)21-36(28-7-5-6-24(3)18-28)42(38,39)29-15-8-23(2)9-16-29/h5-20H,4,21-22H2,1-3H3,(H,35,37)/b34-20-. The van der Waals surface area contributed by atoms with Crippen LogP contribution in [0, 0.1) is 13.8 Å². The molecule has 218 valence electrons. The van der Waals surface area contributed by atoms with Gasteiger partial charge in [0.05, 0.1) is 23.4 Å². The Balaban J connectivity index is 1.47. The number of sulfonamides is 1. The lowest BCUT2D eigenvalue weighted by Crippen LogP contribution is -2.39. The van der Waals surface area contributed by atoms with Crippen molar-refractivity contribution in [1.82, 2.24) is 5.43 Å². The van der Waals surface area contributed by atoms with Crippen molar-refractivity contribution < 1.29 is 22.7 Å². The third-order valence-corrected chi connectivity index (χ3v) is 8.20. The molecule has 42 heavy (non-hydrogen) atoms. The van der Waals surface area contributed by atoms with E-state index in [1.807, 2.05) is 39.0 Å². The predicted octanol–water partition coefficient (Wildman–Crippen LogP) is 6.28. The van der Waals surface area contributed by atoms with Crippen LogP contribution in [0.15, 0.2) is 101 Å². The number of hydrazone groups is 1. The molecule has 4 rings (SSSR count). The number of carbonyl (C=O) groups is 1. The number of hydrogen-bond donors (Lipinski definition) is 1. The van der Waals surface area contributed by atoms with Gasteiger partial charge in [-0.2, -0.15) is 5.10 Å². The van der Waals surface area contributed by atoms with E-state index in [9.17, 15) is 13.2 Å². The molecule has 0 aromatic heterocycles. The molecule has 0 fully saturated rings. The summed E-state index contributed by atoms with van der Waals surface area (Å²) in [6, 6.07) is 26.1. The summed E-state index contributed by atoms with van der Waals surface area (Å²) in [7, 11) is -4.02. The van der Waals surface area contributed by atoms with Crippen LogP contribution < -0.4 is 19.2 Å². The zero-order valence-corrected chi connectivity index (χ0v) is 25.2. The zero-order valence-electron chi connectivity index (χ0n) is 23.6. The summed E-state index contributed by atoms with van der Waals surface area (Å²) in [5.41, 5.74) is 6.22. The van der Waals surface area contributed by atoms with Crippen LogP contribution in [0.25, 0.3) is 0 Å². The third kappa shape index (κ3) is 8.11. The number of carbonyl (C=O) groups excluding carboxylic acids is 1. The molecule has 0 unspecified atom stereocenters. The molecule has 0 aliphatic heterocycles. The molecule has 0 spiro atoms. The molecular formula is C32H32ClN3O5S. The number of anilines is 1. The smallest absolute Gasteiger partial charge is 0.264 e. The average Bonchev–Trinajstić information content (AvgIpc) is 2.96. The van der Waals surface area contributed by atoms with E-state index in [1.165, 1.54) is 18.3 Å². The lowest BCUT2D eigenvalue weighted by atomic mass is 10.2. The summed E-state index contributed by atoms with van der Waals surface area (Å²) in [6.45, 7) is 5.91. The van der Waals surface area contributed by atoms with E-state index in [0.29, 0.717) is 41.0 Å². The number of nitrogens with zero attached hydrogens (tertiary/aromatic N) is 2. The van der Waals surface area contributed by atoms with Gasteiger partial charge in [-0.1, -0.05) is 53.6 Å². The van der Waals surface area contributed by atoms with Crippen LogP contribution in [0.4, 0.5) is 5.69 Å². The second-order valence-corrected chi connectivity index (χ2v) is 11.8. The van der Waals surface area contributed by atoms with Crippen molar-refractivity contribution in [3.63, 3.8) is 0 Å². The van der Waals surface area contributed by atoms with Gasteiger partial charge in [0.1, 0.15) is 13.2 Å². The Bertz CT molecular complexity index is 1660. The van der Waals surface area contributed by atoms with Gasteiger partial charge in [-0.3, -0.25) is 9.10 Å². The highest BCUT2D eigenvalue weighted by Gasteiger charge is 2.27. The molecule has 0 saturated carbocycles. The van der Waals surface area contributed by atoms with Crippen molar-refractivity contribution in [2.75, 3.05) is 17.5 Å². The fraction of sp³-hybridized carbons (Fsp3) is 0.188. The van der Waals surface area contributed by atoms with Crippen LogP contribution in [0.2, 0.25) is 5.02 Å². The molecule has 0 radical (unpaired) electrons. The van der Waals surface area contributed by atoms with Crippen LogP contribution in [-0.4, -0.2) is 33.7 Å². The molecule has 0 aliphatic carbocycles. The van der Waals surface area contributed by atoms with Gasteiger partial charge in [0, 0.05) is 5.02 Å². The first kappa shape index (κ1) is 30.6. The molecule has 0 atom stereocenters. The lowest BCUT2D eigenvalue weighted by Gasteiger charge is -2.24. The minimum Gasteiger partial charge on any atom is -0.490 e. The Morgan fingerprint density at radius 3 is 2.33 bits per heavy atom. The van der Waals surface area contributed by atoms with Crippen molar-refractivity contribution >= 4 is 39.4 Å². The van der Waals surface area contributed by atoms with Crippen LogP contribution in [-0.2, 0) is 21.4 Å². The largest absolute Gasteiger partial charge is 0.490 e. The molecule has 0 heterocycles. The van der Waals surface area contributed by atoms with Crippen molar-refractivity contribution in [1.29, 1.82) is 0 Å². The highest BCUT2D eigenvalue weighted by atomic mass is 35.5. The van der Waals surface area contributed by atoms with Gasteiger partial charge in [0.15, 0.2) is 11.5 Å². The molecule has 8 nitrogen and oxygen atoms in total. The predicted molar refractivity (Wildman–Crippen MR) is 166 cm³/mol. The van der Waals surface area contributed by atoms with E-state index in [2.05, 4.69) is 10.5 Å². The maximum Gasteiger partial charge on any atom is 0.264 e. The minimum atomic E-state index is -4.02. The topological polar surface area (TPSA) is 97.3 Å². The summed E-state index contributed by atoms with van der Waals surface area (Å²) >= 11 is 5.95. The maximum atomic E-state index is 13.6. The van der Waals surface area contributed by atoms with Gasteiger partial charge in [-0.25, -0.2) is 13.8 Å². The molecule has 0 bridgehead atoms. The molecular weight excluding hydrogens is 574 g/mol. The van der Waals surface area contributed by atoms with Gasteiger partial charge in [-0.05, 0) is 92.1 Å². The average molecular weight is 606 g/mol. The van der Waals surface area contributed by atoms with E-state index in [0.717, 1.165) is 21.0 Å². The Morgan fingerprint density at radius 1 is 0.905 bits per heavy atom. The molecule has 1 amide bonds. The van der Waals surface area contributed by atoms with Gasteiger partial charge in [0.25, 0.3) is 15.9 Å². The third-order valence-electron chi connectivity index (χ3n) is 6.16. The summed E-state index contributed by atoms with van der Waals surface area (Å²) in [6.07, 6.45) is 1.45. The summed E-state index contributed by atoms with van der Waals surface area (Å²) in [5, 5.41) is 4.70. The quantitative estimate of drug-likeness (QED) is 0.151. The Kier molecular flexibility index (Phi) is 10.2. The van der Waals surface area contributed by atoms with E-state index in [1.54, 1.807) is 60.7 Å². The monoisotopic (exact) mass is 605 g/mol. The number of hydrogen-bond acceptors (Lipinski definition) is 6. The normalized spacial score (nSPS) is 11.3. The first-order valence-corrected chi connectivity index (χ1v) is 15.1. The van der Waals surface area contributed by atoms with Crippen molar-refractivity contribution in [3.8, 4) is 11.5 Å². The molecule has 10 heteroatoms. The number of aryl methyl sites for hydroxylation is 2. The maximum absolute atomic E-state index is 13.6. The number of rotatable bonds is 12. The highest BCUT2D eigenvalue weighted by molar-refractivity contribution is 7.92. The zero-order chi connectivity index (χ0) is 30.1. The lowest BCUT2D eigenvalue weighted by molar-refractivity contribution is -0.119. The Hall–Kier alpha value is -4.34.